The van der Waals surface area contributed by atoms with Gasteiger partial charge in [-0.25, -0.2) is 0 Å². The molecule has 0 atom stereocenters. The van der Waals surface area contributed by atoms with Gasteiger partial charge in [0, 0.05) is 0 Å². The van der Waals surface area contributed by atoms with E-state index in [-0.39, 0.29) is 0 Å². The summed E-state index contributed by atoms with van der Waals surface area (Å²) in [5, 5.41) is 2.31. The van der Waals surface area contributed by atoms with Crippen LogP contribution in [0.15, 0.2) is 18.2 Å². The van der Waals surface area contributed by atoms with Crippen molar-refractivity contribution in [3.8, 4) is 5.75 Å². The van der Waals surface area contributed by atoms with E-state index in [1.165, 1.54) is 30.5 Å². The molecule has 0 unspecified atom stereocenters. The topological polar surface area (TPSA) is 35.1 Å². The van der Waals surface area contributed by atoms with Gasteiger partial charge in [0.05, 0.1) is 26.3 Å². The number of aryl methyl sites for hydroxylation is 2. The lowest BCUT2D eigenvalue weighted by Crippen LogP contribution is -2.85. The predicted molar refractivity (Wildman–Crippen MR) is 78.8 cm³/mol. The molecule has 1 rings (SSSR count). The molecule has 3 heteroatoms. The molecule has 0 bridgehead atoms. The molecule has 3 nitrogen and oxygen atoms in total. The van der Waals surface area contributed by atoms with E-state index in [1.54, 1.807) is 0 Å². The predicted octanol–water partition coefficient (Wildman–Crippen LogP) is 2.06. The van der Waals surface area contributed by atoms with Crippen molar-refractivity contribution >= 4 is 0 Å². The molecular formula is C16H28NO2+. The molecule has 0 heterocycles. The van der Waals surface area contributed by atoms with Crippen LogP contribution in [0.5, 0.6) is 5.75 Å². The van der Waals surface area contributed by atoms with Gasteiger partial charge in [0.1, 0.15) is 12.4 Å². The summed E-state index contributed by atoms with van der Waals surface area (Å²) in [4.78, 5) is 0. The van der Waals surface area contributed by atoms with Crippen LogP contribution in [0.4, 0.5) is 0 Å². The fourth-order valence-corrected chi connectivity index (χ4v) is 1.78. The molecule has 0 aliphatic rings. The van der Waals surface area contributed by atoms with Gasteiger partial charge in [-0.05, 0) is 43.5 Å². The lowest BCUT2D eigenvalue weighted by molar-refractivity contribution is -0.656. The molecule has 0 spiro atoms. The van der Waals surface area contributed by atoms with Crippen LogP contribution in [0.2, 0.25) is 0 Å². The molecule has 0 radical (unpaired) electrons. The number of quaternary nitrogens is 1. The molecule has 0 saturated carbocycles. The zero-order valence-electron chi connectivity index (χ0n) is 12.6. The molecule has 0 saturated heterocycles. The van der Waals surface area contributed by atoms with Gasteiger partial charge in [-0.2, -0.15) is 0 Å². The van der Waals surface area contributed by atoms with Crippen molar-refractivity contribution < 1.29 is 14.8 Å². The molecule has 19 heavy (non-hydrogen) atoms. The Labute approximate surface area is 117 Å². The minimum atomic E-state index is 0.622. The maximum absolute atomic E-state index is 5.65. The Morgan fingerprint density at radius 3 is 2.58 bits per heavy atom. The molecule has 0 aliphatic heterocycles. The van der Waals surface area contributed by atoms with Gasteiger partial charge >= 0.3 is 0 Å². The van der Waals surface area contributed by atoms with Crippen LogP contribution in [0, 0.1) is 13.8 Å². The number of ether oxygens (including phenoxy) is 2. The molecule has 0 amide bonds. The number of unbranched alkanes of at least 4 members (excludes halogenated alkanes) is 1. The first-order valence-corrected chi connectivity index (χ1v) is 7.33. The average molecular weight is 266 g/mol. The zero-order valence-corrected chi connectivity index (χ0v) is 12.6. The van der Waals surface area contributed by atoms with Crippen molar-refractivity contribution in [2.24, 2.45) is 0 Å². The van der Waals surface area contributed by atoms with Crippen molar-refractivity contribution in [3.05, 3.63) is 29.3 Å². The highest BCUT2D eigenvalue weighted by atomic mass is 16.5. The van der Waals surface area contributed by atoms with Gasteiger partial charge < -0.3 is 14.8 Å². The summed E-state index contributed by atoms with van der Waals surface area (Å²) >= 11 is 0. The molecule has 1 aromatic rings. The number of hydrogen-bond acceptors (Lipinski definition) is 2. The Hall–Kier alpha value is -1.06. The van der Waals surface area contributed by atoms with Crippen LogP contribution in [0.1, 0.15) is 30.9 Å². The van der Waals surface area contributed by atoms with Crippen LogP contribution in [0.3, 0.4) is 0 Å². The first-order valence-electron chi connectivity index (χ1n) is 7.33. The molecule has 1 aromatic carbocycles. The van der Waals surface area contributed by atoms with Crippen LogP contribution < -0.4 is 10.1 Å². The van der Waals surface area contributed by atoms with E-state index < -0.39 is 0 Å². The van der Waals surface area contributed by atoms with E-state index in [0.29, 0.717) is 13.2 Å². The fourth-order valence-electron chi connectivity index (χ4n) is 1.78. The number of rotatable bonds is 10. The molecule has 0 aromatic heterocycles. The zero-order chi connectivity index (χ0) is 13.9. The molecular weight excluding hydrogens is 238 g/mol. The number of benzene rings is 1. The Morgan fingerprint density at radius 1 is 1.00 bits per heavy atom. The highest BCUT2D eigenvalue weighted by molar-refractivity contribution is 5.33. The second-order valence-corrected chi connectivity index (χ2v) is 4.93. The minimum Gasteiger partial charge on any atom is -0.491 e. The summed E-state index contributed by atoms with van der Waals surface area (Å²) in [6.45, 7) is 10.8. The first kappa shape index (κ1) is 16.0. The highest BCUT2D eigenvalue weighted by Crippen LogP contribution is 2.16. The van der Waals surface area contributed by atoms with Gasteiger partial charge in [0.25, 0.3) is 0 Å². The standard InChI is InChI=1S/C16H27NO2/c1-4-5-8-17-9-10-18-11-12-19-16-7-6-14(2)15(3)13-16/h6-7,13,17H,4-5,8-12H2,1-3H3/p+1. The van der Waals surface area contributed by atoms with Crippen LogP contribution >= 0.6 is 0 Å². The quantitative estimate of drug-likeness (QED) is 0.658. The Kier molecular flexibility index (Phi) is 8.26. The summed E-state index contributed by atoms with van der Waals surface area (Å²) in [6.07, 6.45) is 2.55. The molecule has 108 valence electrons. The largest absolute Gasteiger partial charge is 0.491 e. The van der Waals surface area contributed by atoms with Gasteiger partial charge in [-0.1, -0.05) is 19.4 Å². The first-order chi connectivity index (χ1) is 9.24. The Balaban J connectivity index is 2.00. The molecule has 0 aliphatic carbocycles. The summed E-state index contributed by atoms with van der Waals surface area (Å²) in [7, 11) is 0. The Bertz CT molecular complexity index is 353. The summed E-state index contributed by atoms with van der Waals surface area (Å²) in [6, 6.07) is 6.18. The lowest BCUT2D eigenvalue weighted by atomic mass is 10.1. The van der Waals surface area contributed by atoms with Crippen molar-refractivity contribution in [2.75, 3.05) is 32.9 Å². The maximum atomic E-state index is 5.65. The second-order valence-electron chi connectivity index (χ2n) is 4.93. The van der Waals surface area contributed by atoms with Crippen LogP contribution in [0.25, 0.3) is 0 Å². The average Bonchev–Trinajstić information content (AvgIpc) is 2.41. The second kappa shape index (κ2) is 9.82. The molecule has 2 N–H and O–H groups in total. The van der Waals surface area contributed by atoms with E-state index in [4.69, 9.17) is 9.47 Å². The third-order valence-corrected chi connectivity index (χ3v) is 3.20. The van der Waals surface area contributed by atoms with Gasteiger partial charge in [0.2, 0.25) is 0 Å². The van der Waals surface area contributed by atoms with Gasteiger partial charge in [-0.3, -0.25) is 0 Å². The van der Waals surface area contributed by atoms with Gasteiger partial charge in [0.15, 0.2) is 0 Å². The minimum absolute atomic E-state index is 0.622. The summed E-state index contributed by atoms with van der Waals surface area (Å²) in [5.41, 5.74) is 2.56. The van der Waals surface area contributed by atoms with Crippen LogP contribution in [-0.4, -0.2) is 32.9 Å². The number of nitrogens with two attached hydrogens (primary N) is 1. The summed E-state index contributed by atoms with van der Waals surface area (Å²) < 4.78 is 11.2. The van der Waals surface area contributed by atoms with Crippen molar-refractivity contribution in [1.29, 1.82) is 0 Å². The van der Waals surface area contributed by atoms with E-state index >= 15 is 0 Å². The normalized spacial score (nSPS) is 10.7. The Morgan fingerprint density at radius 2 is 1.84 bits per heavy atom. The van der Waals surface area contributed by atoms with E-state index in [1.807, 2.05) is 6.07 Å². The number of hydrogen-bond donors (Lipinski definition) is 1. The monoisotopic (exact) mass is 266 g/mol. The third-order valence-electron chi connectivity index (χ3n) is 3.20. The lowest BCUT2D eigenvalue weighted by Gasteiger charge is -2.08. The SMILES string of the molecule is CCCC[NH2+]CCOCCOc1ccc(C)c(C)c1. The smallest absolute Gasteiger partial charge is 0.119 e. The third kappa shape index (κ3) is 7.19. The summed E-state index contributed by atoms with van der Waals surface area (Å²) in [5.74, 6) is 0.932. The van der Waals surface area contributed by atoms with Crippen molar-refractivity contribution in [2.45, 2.75) is 33.6 Å². The van der Waals surface area contributed by atoms with E-state index in [0.717, 1.165) is 18.9 Å². The van der Waals surface area contributed by atoms with Gasteiger partial charge in [-0.15, -0.1) is 0 Å². The van der Waals surface area contributed by atoms with Crippen molar-refractivity contribution in [1.82, 2.24) is 0 Å². The van der Waals surface area contributed by atoms with Crippen molar-refractivity contribution in [3.63, 3.8) is 0 Å². The van der Waals surface area contributed by atoms with E-state index in [2.05, 4.69) is 38.2 Å². The van der Waals surface area contributed by atoms with E-state index in [9.17, 15) is 0 Å². The van der Waals surface area contributed by atoms with Crippen LogP contribution in [-0.2, 0) is 4.74 Å². The maximum Gasteiger partial charge on any atom is 0.119 e. The highest BCUT2D eigenvalue weighted by Gasteiger charge is 1.97. The molecule has 0 fully saturated rings. The fraction of sp³-hybridized carbons (Fsp3) is 0.625.